The van der Waals surface area contributed by atoms with Gasteiger partial charge in [0.1, 0.15) is 4.90 Å². The fraction of sp³-hybridized carbons (Fsp3) is 0.769. The van der Waals surface area contributed by atoms with Gasteiger partial charge in [-0.25, -0.2) is 13.1 Å². The summed E-state index contributed by atoms with van der Waals surface area (Å²) < 4.78 is 33.7. The van der Waals surface area contributed by atoms with Crippen LogP contribution in [0.5, 0.6) is 0 Å². The lowest BCUT2D eigenvalue weighted by molar-refractivity contribution is 0.173. The standard InChI is InChI=1S/C13H26N4O3S/c1-4-6-14-7-8-17-10-13(9-15-17)21(18,19)16-12(5-2)11-20-3/h9-10,12,14,16H,4-8,11H2,1-3H3. The fourth-order valence-corrected chi connectivity index (χ4v) is 3.08. The van der Waals surface area contributed by atoms with Crippen molar-refractivity contribution in [1.29, 1.82) is 0 Å². The molecule has 21 heavy (non-hydrogen) atoms. The lowest BCUT2D eigenvalue weighted by Crippen LogP contribution is -2.37. The molecule has 1 atom stereocenters. The zero-order valence-corrected chi connectivity index (χ0v) is 13.8. The van der Waals surface area contributed by atoms with Crippen molar-refractivity contribution >= 4 is 10.0 Å². The van der Waals surface area contributed by atoms with Crippen LogP contribution in [-0.2, 0) is 21.3 Å². The van der Waals surface area contributed by atoms with Crippen molar-refractivity contribution in [3.8, 4) is 0 Å². The van der Waals surface area contributed by atoms with E-state index in [1.807, 2.05) is 6.92 Å². The van der Waals surface area contributed by atoms with Gasteiger partial charge in [0.2, 0.25) is 10.0 Å². The van der Waals surface area contributed by atoms with E-state index < -0.39 is 10.0 Å². The molecule has 0 aromatic carbocycles. The van der Waals surface area contributed by atoms with E-state index in [2.05, 4.69) is 22.1 Å². The van der Waals surface area contributed by atoms with E-state index in [1.165, 1.54) is 6.20 Å². The van der Waals surface area contributed by atoms with Crippen LogP contribution in [-0.4, -0.2) is 51.0 Å². The van der Waals surface area contributed by atoms with E-state index >= 15 is 0 Å². The van der Waals surface area contributed by atoms with Gasteiger partial charge in [-0.05, 0) is 19.4 Å². The second-order valence-electron chi connectivity index (χ2n) is 4.87. The van der Waals surface area contributed by atoms with Crippen molar-refractivity contribution in [3.63, 3.8) is 0 Å². The summed E-state index contributed by atoms with van der Waals surface area (Å²) in [5.41, 5.74) is 0. The van der Waals surface area contributed by atoms with E-state index in [0.29, 0.717) is 19.6 Å². The van der Waals surface area contributed by atoms with Crippen LogP contribution in [0.25, 0.3) is 0 Å². The zero-order chi connectivity index (χ0) is 15.7. The quantitative estimate of drug-likeness (QED) is 0.583. The van der Waals surface area contributed by atoms with E-state index in [-0.39, 0.29) is 10.9 Å². The van der Waals surface area contributed by atoms with Crippen LogP contribution in [0.2, 0.25) is 0 Å². The summed E-state index contributed by atoms with van der Waals surface area (Å²) in [6, 6.07) is -0.227. The number of rotatable bonds is 11. The topological polar surface area (TPSA) is 85.2 Å². The summed E-state index contributed by atoms with van der Waals surface area (Å²) in [5, 5.41) is 7.33. The van der Waals surface area contributed by atoms with Gasteiger partial charge in [-0.1, -0.05) is 13.8 Å². The Labute approximate surface area is 127 Å². The highest BCUT2D eigenvalue weighted by atomic mass is 32.2. The Morgan fingerprint density at radius 2 is 2.14 bits per heavy atom. The number of aromatic nitrogens is 2. The van der Waals surface area contributed by atoms with E-state index in [1.54, 1.807) is 18.0 Å². The number of nitrogens with zero attached hydrogens (tertiary/aromatic N) is 2. The van der Waals surface area contributed by atoms with Crippen molar-refractivity contribution in [3.05, 3.63) is 12.4 Å². The van der Waals surface area contributed by atoms with E-state index in [0.717, 1.165) is 19.5 Å². The number of hydrogen-bond acceptors (Lipinski definition) is 5. The Morgan fingerprint density at radius 1 is 1.38 bits per heavy atom. The maximum absolute atomic E-state index is 12.2. The lowest BCUT2D eigenvalue weighted by Gasteiger charge is -2.15. The van der Waals surface area contributed by atoms with Gasteiger partial charge >= 0.3 is 0 Å². The SMILES string of the molecule is CCCNCCn1cc(S(=O)(=O)NC(CC)COC)cn1. The van der Waals surface area contributed by atoms with E-state index in [9.17, 15) is 8.42 Å². The molecule has 0 saturated heterocycles. The highest BCUT2D eigenvalue weighted by Crippen LogP contribution is 2.08. The lowest BCUT2D eigenvalue weighted by atomic mass is 10.3. The molecule has 0 aliphatic carbocycles. The Balaban J connectivity index is 2.61. The first-order valence-corrected chi connectivity index (χ1v) is 8.76. The number of ether oxygens (including phenoxy) is 1. The maximum atomic E-state index is 12.2. The minimum atomic E-state index is -3.54. The average Bonchev–Trinajstić information content (AvgIpc) is 2.92. The molecule has 7 nitrogen and oxygen atoms in total. The van der Waals surface area contributed by atoms with Crippen molar-refractivity contribution in [1.82, 2.24) is 19.8 Å². The van der Waals surface area contributed by atoms with Crippen molar-refractivity contribution in [2.45, 2.75) is 44.2 Å². The molecule has 0 amide bonds. The molecule has 2 N–H and O–H groups in total. The highest BCUT2D eigenvalue weighted by Gasteiger charge is 2.20. The monoisotopic (exact) mass is 318 g/mol. The van der Waals surface area contributed by atoms with Crippen LogP contribution in [0.4, 0.5) is 0 Å². The minimum Gasteiger partial charge on any atom is -0.383 e. The number of sulfonamides is 1. The maximum Gasteiger partial charge on any atom is 0.244 e. The van der Waals surface area contributed by atoms with Gasteiger partial charge in [0.25, 0.3) is 0 Å². The van der Waals surface area contributed by atoms with Gasteiger partial charge in [0, 0.05) is 25.9 Å². The second-order valence-corrected chi connectivity index (χ2v) is 6.58. The summed E-state index contributed by atoms with van der Waals surface area (Å²) in [5.74, 6) is 0. The fourth-order valence-electron chi connectivity index (χ4n) is 1.82. The van der Waals surface area contributed by atoms with Crippen molar-refractivity contribution in [2.24, 2.45) is 0 Å². The third-order valence-electron chi connectivity index (χ3n) is 3.05. The Morgan fingerprint density at radius 3 is 2.76 bits per heavy atom. The Hall–Kier alpha value is -0.960. The molecular formula is C13H26N4O3S. The molecular weight excluding hydrogens is 292 g/mol. The summed E-state index contributed by atoms with van der Waals surface area (Å²) in [4.78, 5) is 0.188. The molecule has 0 spiro atoms. The smallest absolute Gasteiger partial charge is 0.244 e. The van der Waals surface area contributed by atoms with E-state index in [4.69, 9.17) is 4.74 Å². The first-order valence-electron chi connectivity index (χ1n) is 7.27. The first-order chi connectivity index (χ1) is 10.0. The van der Waals surface area contributed by atoms with Crippen LogP contribution in [0.1, 0.15) is 26.7 Å². The molecule has 0 saturated carbocycles. The predicted octanol–water partition coefficient (Wildman–Crippen LogP) is 0.586. The third kappa shape index (κ3) is 6.13. The molecule has 122 valence electrons. The highest BCUT2D eigenvalue weighted by molar-refractivity contribution is 7.89. The van der Waals surface area contributed by atoms with Crippen LogP contribution >= 0.6 is 0 Å². The van der Waals surface area contributed by atoms with Gasteiger partial charge in [0.15, 0.2) is 0 Å². The van der Waals surface area contributed by atoms with Crippen molar-refractivity contribution < 1.29 is 13.2 Å². The van der Waals surface area contributed by atoms with Gasteiger partial charge in [-0.3, -0.25) is 4.68 Å². The molecule has 0 bridgehead atoms. The Kier molecular flexibility index (Phi) is 7.87. The molecule has 0 aliphatic rings. The number of nitrogens with one attached hydrogen (secondary N) is 2. The normalized spacial score (nSPS) is 13.5. The molecule has 1 aromatic rings. The van der Waals surface area contributed by atoms with Crippen molar-refractivity contribution in [2.75, 3.05) is 26.8 Å². The average molecular weight is 318 g/mol. The largest absolute Gasteiger partial charge is 0.383 e. The molecule has 1 rings (SSSR count). The summed E-state index contributed by atoms with van der Waals surface area (Å²) in [6.45, 7) is 6.72. The van der Waals surface area contributed by atoms with Crippen LogP contribution in [0.3, 0.4) is 0 Å². The van der Waals surface area contributed by atoms with Gasteiger partial charge < -0.3 is 10.1 Å². The van der Waals surface area contributed by atoms with Gasteiger partial charge in [-0.2, -0.15) is 5.10 Å². The molecule has 0 aliphatic heterocycles. The van der Waals surface area contributed by atoms with Gasteiger partial charge in [0.05, 0.1) is 19.3 Å². The summed E-state index contributed by atoms with van der Waals surface area (Å²) in [7, 11) is -1.99. The van der Waals surface area contributed by atoms with Crippen LogP contribution in [0, 0.1) is 0 Å². The zero-order valence-electron chi connectivity index (χ0n) is 13.0. The number of methoxy groups -OCH3 is 1. The van der Waals surface area contributed by atoms with Gasteiger partial charge in [-0.15, -0.1) is 0 Å². The molecule has 0 radical (unpaired) electrons. The number of hydrogen-bond donors (Lipinski definition) is 2. The third-order valence-corrected chi connectivity index (χ3v) is 4.52. The Bertz CT molecular complexity index is 501. The summed E-state index contributed by atoms with van der Waals surface area (Å²) in [6.07, 6.45) is 4.67. The molecule has 0 fully saturated rings. The first kappa shape index (κ1) is 18.1. The second kappa shape index (κ2) is 9.14. The van der Waals surface area contributed by atoms with Crippen LogP contribution in [0.15, 0.2) is 17.3 Å². The molecule has 1 heterocycles. The summed E-state index contributed by atoms with van der Waals surface area (Å²) >= 11 is 0. The minimum absolute atomic E-state index is 0.188. The van der Waals surface area contributed by atoms with Crippen LogP contribution < -0.4 is 10.0 Å². The predicted molar refractivity (Wildman–Crippen MR) is 81.7 cm³/mol. The molecule has 1 aromatic heterocycles. The molecule has 1 unspecified atom stereocenters. The molecule has 8 heteroatoms.